The lowest BCUT2D eigenvalue weighted by atomic mass is 10.1. The molecule has 0 bridgehead atoms. The van der Waals surface area contributed by atoms with E-state index in [9.17, 15) is 4.79 Å². The zero-order valence-corrected chi connectivity index (χ0v) is 16.5. The number of rotatable bonds is 8. The summed E-state index contributed by atoms with van der Waals surface area (Å²) >= 11 is 1.43. The third-order valence-corrected chi connectivity index (χ3v) is 5.48. The first-order valence-corrected chi connectivity index (χ1v) is 10.2. The molecular weight excluding hydrogens is 344 g/mol. The van der Waals surface area contributed by atoms with E-state index in [1.807, 2.05) is 22.6 Å². The third-order valence-electron chi connectivity index (χ3n) is 4.55. The molecule has 0 saturated heterocycles. The standard InChI is InChI=1S/C20H26N4OS/c1-4-5-6-9-15(3)21-19(25)13-26-20-23-22-18-12-14(2)16-10-7-8-11-17(16)24(18)20/h7-8,10-12,15H,4-6,9,13H2,1-3H3,(H,21,25). The Kier molecular flexibility index (Phi) is 6.14. The average Bonchev–Trinajstić information content (AvgIpc) is 3.03. The van der Waals surface area contributed by atoms with Gasteiger partial charge in [0.2, 0.25) is 5.91 Å². The highest BCUT2D eigenvalue weighted by molar-refractivity contribution is 7.99. The molecule has 6 heteroatoms. The molecule has 0 aliphatic heterocycles. The molecule has 5 nitrogen and oxygen atoms in total. The van der Waals surface area contributed by atoms with Crippen LogP contribution in [0.5, 0.6) is 0 Å². The number of carbonyl (C=O) groups is 1. The number of amides is 1. The van der Waals surface area contributed by atoms with Crippen molar-refractivity contribution in [1.82, 2.24) is 19.9 Å². The second kappa shape index (κ2) is 8.54. The lowest BCUT2D eigenvalue weighted by Gasteiger charge is -2.13. The van der Waals surface area contributed by atoms with Crippen molar-refractivity contribution in [3.63, 3.8) is 0 Å². The second-order valence-electron chi connectivity index (χ2n) is 6.77. The van der Waals surface area contributed by atoms with E-state index in [2.05, 4.69) is 48.4 Å². The molecule has 0 spiro atoms. The zero-order chi connectivity index (χ0) is 18.5. The van der Waals surface area contributed by atoms with Crippen molar-refractivity contribution >= 4 is 34.2 Å². The minimum Gasteiger partial charge on any atom is -0.353 e. The highest BCUT2D eigenvalue weighted by Crippen LogP contribution is 2.25. The van der Waals surface area contributed by atoms with Crippen molar-refractivity contribution in [1.29, 1.82) is 0 Å². The smallest absolute Gasteiger partial charge is 0.230 e. The van der Waals surface area contributed by atoms with Gasteiger partial charge in [-0.3, -0.25) is 9.20 Å². The molecule has 138 valence electrons. The largest absolute Gasteiger partial charge is 0.353 e. The molecular formula is C20H26N4OS. The Hall–Kier alpha value is -2.08. The normalized spacial score (nSPS) is 12.6. The molecule has 0 radical (unpaired) electrons. The molecule has 1 aromatic carbocycles. The number of unbranched alkanes of at least 4 members (excludes halogenated alkanes) is 2. The Bertz CT molecular complexity index is 905. The predicted octanol–water partition coefficient (Wildman–Crippen LogP) is 4.37. The van der Waals surface area contributed by atoms with Crippen LogP contribution in [0.1, 0.15) is 45.1 Å². The SMILES string of the molecule is CCCCCC(C)NC(=O)CSc1nnc2cc(C)c3ccccc3n12. The molecule has 3 rings (SSSR count). The van der Waals surface area contributed by atoms with Gasteiger partial charge < -0.3 is 5.32 Å². The summed E-state index contributed by atoms with van der Waals surface area (Å²) in [5, 5.41) is 13.6. The van der Waals surface area contributed by atoms with Crippen molar-refractivity contribution < 1.29 is 4.79 Å². The summed E-state index contributed by atoms with van der Waals surface area (Å²) in [7, 11) is 0. The molecule has 0 aliphatic carbocycles. The summed E-state index contributed by atoms with van der Waals surface area (Å²) in [5.41, 5.74) is 3.07. The minimum absolute atomic E-state index is 0.0483. The maximum absolute atomic E-state index is 12.2. The van der Waals surface area contributed by atoms with Crippen molar-refractivity contribution in [2.75, 3.05) is 5.75 Å². The fourth-order valence-electron chi connectivity index (χ4n) is 3.19. The van der Waals surface area contributed by atoms with Gasteiger partial charge in [-0.1, -0.05) is 56.1 Å². The van der Waals surface area contributed by atoms with Gasteiger partial charge in [-0.25, -0.2) is 0 Å². The van der Waals surface area contributed by atoms with Gasteiger partial charge in [-0.15, -0.1) is 10.2 Å². The van der Waals surface area contributed by atoms with Crippen LogP contribution in [0.2, 0.25) is 0 Å². The number of hydrogen-bond donors (Lipinski definition) is 1. The van der Waals surface area contributed by atoms with E-state index < -0.39 is 0 Å². The number of carbonyl (C=O) groups excluding carboxylic acids is 1. The maximum Gasteiger partial charge on any atom is 0.230 e. The average molecular weight is 371 g/mol. The van der Waals surface area contributed by atoms with E-state index >= 15 is 0 Å². The topological polar surface area (TPSA) is 59.3 Å². The van der Waals surface area contributed by atoms with Gasteiger partial charge in [0.25, 0.3) is 0 Å². The fraction of sp³-hybridized carbons (Fsp3) is 0.450. The molecule has 0 saturated carbocycles. The molecule has 0 fully saturated rings. The fourth-order valence-corrected chi connectivity index (χ4v) is 3.95. The van der Waals surface area contributed by atoms with E-state index in [4.69, 9.17) is 0 Å². The molecule has 3 aromatic rings. The van der Waals surface area contributed by atoms with Crippen LogP contribution in [0.25, 0.3) is 16.6 Å². The van der Waals surface area contributed by atoms with Crippen LogP contribution in [-0.4, -0.2) is 32.3 Å². The molecule has 1 unspecified atom stereocenters. The Morgan fingerprint density at radius 2 is 2.08 bits per heavy atom. The Morgan fingerprint density at radius 1 is 1.27 bits per heavy atom. The predicted molar refractivity (Wildman–Crippen MR) is 108 cm³/mol. The second-order valence-corrected chi connectivity index (χ2v) is 7.72. The van der Waals surface area contributed by atoms with Crippen LogP contribution in [0, 0.1) is 6.92 Å². The van der Waals surface area contributed by atoms with Crippen molar-refractivity contribution in [3.05, 3.63) is 35.9 Å². The number of hydrogen-bond acceptors (Lipinski definition) is 4. The van der Waals surface area contributed by atoms with Gasteiger partial charge in [0.15, 0.2) is 10.8 Å². The Morgan fingerprint density at radius 3 is 2.88 bits per heavy atom. The maximum atomic E-state index is 12.2. The van der Waals surface area contributed by atoms with E-state index in [0.717, 1.165) is 29.2 Å². The van der Waals surface area contributed by atoms with Gasteiger partial charge in [0.1, 0.15) is 0 Å². The van der Waals surface area contributed by atoms with Crippen LogP contribution >= 0.6 is 11.8 Å². The van der Waals surface area contributed by atoms with Crippen molar-refractivity contribution in [3.8, 4) is 0 Å². The van der Waals surface area contributed by atoms with E-state index in [-0.39, 0.29) is 11.9 Å². The molecule has 0 aliphatic rings. The molecule has 1 atom stereocenters. The number of aryl methyl sites for hydroxylation is 1. The summed E-state index contributed by atoms with van der Waals surface area (Å²) in [6.45, 7) is 6.34. The Balaban J connectivity index is 1.70. The first-order chi connectivity index (χ1) is 12.6. The van der Waals surface area contributed by atoms with Crippen LogP contribution in [0.4, 0.5) is 0 Å². The van der Waals surface area contributed by atoms with Crippen LogP contribution in [-0.2, 0) is 4.79 Å². The lowest BCUT2D eigenvalue weighted by Crippen LogP contribution is -2.33. The monoisotopic (exact) mass is 370 g/mol. The van der Waals surface area contributed by atoms with E-state index in [0.29, 0.717) is 5.75 Å². The molecule has 1 N–H and O–H groups in total. The summed E-state index contributed by atoms with van der Waals surface area (Å²) in [5.74, 6) is 0.397. The zero-order valence-electron chi connectivity index (χ0n) is 15.7. The van der Waals surface area contributed by atoms with Gasteiger partial charge >= 0.3 is 0 Å². The van der Waals surface area contributed by atoms with Gasteiger partial charge in [-0.05, 0) is 38.0 Å². The summed E-state index contributed by atoms with van der Waals surface area (Å²) < 4.78 is 2.03. The van der Waals surface area contributed by atoms with E-state index in [1.165, 1.54) is 35.6 Å². The van der Waals surface area contributed by atoms with Crippen LogP contribution < -0.4 is 5.32 Å². The van der Waals surface area contributed by atoms with Gasteiger partial charge in [0, 0.05) is 11.4 Å². The number of benzene rings is 1. The van der Waals surface area contributed by atoms with Crippen molar-refractivity contribution in [2.45, 2.75) is 57.7 Å². The Labute approximate surface area is 158 Å². The van der Waals surface area contributed by atoms with Gasteiger partial charge in [0.05, 0.1) is 11.3 Å². The highest BCUT2D eigenvalue weighted by atomic mass is 32.2. The highest BCUT2D eigenvalue weighted by Gasteiger charge is 2.14. The summed E-state index contributed by atoms with van der Waals surface area (Å²) in [6.07, 6.45) is 4.60. The number of fused-ring (bicyclic) bond motifs is 3. The van der Waals surface area contributed by atoms with Gasteiger partial charge in [-0.2, -0.15) is 0 Å². The molecule has 26 heavy (non-hydrogen) atoms. The lowest BCUT2D eigenvalue weighted by molar-refractivity contribution is -0.119. The summed E-state index contributed by atoms with van der Waals surface area (Å²) in [4.78, 5) is 12.2. The molecule has 1 amide bonds. The first-order valence-electron chi connectivity index (χ1n) is 9.25. The number of aromatic nitrogens is 3. The number of thioether (sulfide) groups is 1. The number of pyridine rings is 1. The third kappa shape index (κ3) is 4.18. The molecule has 2 aromatic heterocycles. The number of nitrogens with zero attached hydrogens (tertiary/aromatic N) is 3. The molecule has 2 heterocycles. The first kappa shape index (κ1) is 18.7. The van der Waals surface area contributed by atoms with Crippen LogP contribution in [0.15, 0.2) is 35.5 Å². The number of para-hydroxylation sites is 1. The quantitative estimate of drug-likeness (QED) is 0.472. The minimum atomic E-state index is 0.0483. The number of nitrogens with one attached hydrogen (secondary N) is 1. The summed E-state index contributed by atoms with van der Waals surface area (Å²) in [6, 6.07) is 10.5. The van der Waals surface area contributed by atoms with Crippen molar-refractivity contribution in [2.24, 2.45) is 0 Å². The van der Waals surface area contributed by atoms with Crippen LogP contribution in [0.3, 0.4) is 0 Å². The van der Waals surface area contributed by atoms with E-state index in [1.54, 1.807) is 0 Å².